The maximum atomic E-state index is 12.0. The predicted molar refractivity (Wildman–Crippen MR) is 80.2 cm³/mol. The van der Waals surface area contributed by atoms with Crippen LogP contribution >= 0.6 is 0 Å². The molecule has 0 saturated heterocycles. The Labute approximate surface area is 135 Å². The summed E-state index contributed by atoms with van der Waals surface area (Å²) in [5.41, 5.74) is 1.30. The van der Waals surface area contributed by atoms with Crippen molar-refractivity contribution in [2.75, 3.05) is 7.11 Å². The average molecular weight is 320 g/mol. The first-order valence-electron chi connectivity index (χ1n) is 6.39. The Balaban J connectivity index is 0.000000313. The van der Waals surface area contributed by atoms with E-state index in [1.54, 1.807) is 31.4 Å². The van der Waals surface area contributed by atoms with Gasteiger partial charge < -0.3 is 9.84 Å². The summed E-state index contributed by atoms with van der Waals surface area (Å²) in [5.74, 6) is 0.612. The third-order valence-electron chi connectivity index (χ3n) is 2.83. The zero-order valence-corrected chi connectivity index (χ0v) is 12.8. The fourth-order valence-electron chi connectivity index (χ4n) is 1.83. The van der Waals surface area contributed by atoms with Gasteiger partial charge >= 0.3 is 17.1 Å². The van der Waals surface area contributed by atoms with Crippen molar-refractivity contribution in [3.63, 3.8) is 0 Å². The van der Waals surface area contributed by atoms with Gasteiger partial charge in [0, 0.05) is 5.56 Å². The topological polar surface area (TPSA) is 32.3 Å². The minimum Gasteiger partial charge on any atom is -0.872 e. The van der Waals surface area contributed by atoms with E-state index in [1.165, 1.54) is 0 Å². The molecule has 0 atom stereocenters. The van der Waals surface area contributed by atoms with Crippen molar-refractivity contribution in [3.05, 3.63) is 90.0 Å². The molecule has 2 nitrogen and oxygen atoms in total. The van der Waals surface area contributed by atoms with Crippen LogP contribution in [0.1, 0.15) is 5.56 Å². The fraction of sp³-hybridized carbons (Fsp3) is 0.0556. The van der Waals surface area contributed by atoms with Crippen molar-refractivity contribution in [1.82, 2.24) is 0 Å². The standard InChI is InChI=1S/C13H12O2.C5H5.Fe/c1-15-12-9-5-4-8-11(12)13(14)10-6-2-3-7-10;1-2-4-5-3-1;/h2-9,14H,1H3;1-5H;/q;-1;+2/p-1. The summed E-state index contributed by atoms with van der Waals surface area (Å²) in [6.07, 6.45) is 7.30. The van der Waals surface area contributed by atoms with Gasteiger partial charge in [0.25, 0.3) is 0 Å². The number of para-hydroxylation sites is 1. The van der Waals surface area contributed by atoms with E-state index in [9.17, 15) is 5.11 Å². The second-order valence-electron chi connectivity index (χ2n) is 4.17. The van der Waals surface area contributed by atoms with E-state index in [4.69, 9.17) is 4.74 Å². The number of hydrogen-bond donors (Lipinski definition) is 0. The van der Waals surface area contributed by atoms with E-state index >= 15 is 0 Å². The molecule has 108 valence electrons. The van der Waals surface area contributed by atoms with E-state index < -0.39 is 0 Å². The van der Waals surface area contributed by atoms with Crippen molar-refractivity contribution in [3.8, 4) is 5.75 Å². The normalized spacial score (nSPS) is 11.4. The van der Waals surface area contributed by atoms with Gasteiger partial charge in [-0.1, -0.05) is 48.3 Å². The van der Waals surface area contributed by atoms with Gasteiger partial charge in [-0.05, 0) is 11.6 Å². The minimum atomic E-state index is -0.00236. The monoisotopic (exact) mass is 320 g/mol. The molecule has 0 N–H and O–H groups in total. The summed E-state index contributed by atoms with van der Waals surface area (Å²) in [6, 6.07) is 17.2. The molecule has 0 heterocycles. The molecule has 0 spiro atoms. The van der Waals surface area contributed by atoms with Gasteiger partial charge in [-0.3, -0.25) is 0 Å². The molecule has 0 bridgehead atoms. The Morgan fingerprint density at radius 2 is 1.62 bits per heavy atom. The Morgan fingerprint density at radius 1 is 1.00 bits per heavy atom. The molecule has 0 amide bonds. The van der Waals surface area contributed by atoms with Gasteiger partial charge in [0.15, 0.2) is 0 Å². The second kappa shape index (κ2) is 8.96. The van der Waals surface area contributed by atoms with Gasteiger partial charge in [0.2, 0.25) is 0 Å². The summed E-state index contributed by atoms with van der Waals surface area (Å²) >= 11 is 0. The second-order valence-corrected chi connectivity index (χ2v) is 4.17. The van der Waals surface area contributed by atoms with Crippen LogP contribution in [0.2, 0.25) is 0 Å². The van der Waals surface area contributed by atoms with E-state index in [0.29, 0.717) is 16.9 Å². The van der Waals surface area contributed by atoms with Crippen molar-refractivity contribution in [2.24, 2.45) is 0 Å². The van der Waals surface area contributed by atoms with Gasteiger partial charge in [-0.15, -0.1) is 0 Å². The molecule has 2 aromatic carbocycles. The van der Waals surface area contributed by atoms with Crippen LogP contribution in [-0.4, -0.2) is 7.11 Å². The summed E-state index contributed by atoms with van der Waals surface area (Å²) in [5, 5.41) is 12.0. The number of rotatable bonds is 2. The molecule has 2 aromatic rings. The van der Waals surface area contributed by atoms with E-state index in [-0.39, 0.29) is 22.8 Å². The molecular weight excluding hydrogens is 304 g/mol. The molecule has 0 saturated carbocycles. The first kappa shape index (κ1) is 17.0. The largest absolute Gasteiger partial charge is 2.00 e. The van der Waals surface area contributed by atoms with E-state index in [0.717, 1.165) is 0 Å². The first-order valence-corrected chi connectivity index (χ1v) is 6.39. The molecule has 3 rings (SSSR count). The first-order chi connectivity index (χ1) is 9.83. The molecule has 0 aromatic heterocycles. The molecule has 3 heteroatoms. The van der Waals surface area contributed by atoms with Crippen LogP contribution in [0.5, 0.6) is 5.75 Å². The SMILES string of the molecule is COc1ccccc1C([O-])=C1C=CC=C1.[Fe+2].c1cc[cH-]c1. The third kappa shape index (κ3) is 4.74. The number of methoxy groups -OCH3 is 1. The smallest absolute Gasteiger partial charge is 0.872 e. The minimum absolute atomic E-state index is 0. The maximum absolute atomic E-state index is 12.0. The molecule has 0 unspecified atom stereocenters. The van der Waals surface area contributed by atoms with E-state index in [1.807, 2.05) is 54.6 Å². The fourth-order valence-corrected chi connectivity index (χ4v) is 1.83. The van der Waals surface area contributed by atoms with Crippen LogP contribution in [0.3, 0.4) is 0 Å². The number of allylic oxidation sites excluding steroid dienone is 5. The van der Waals surface area contributed by atoms with Crippen LogP contribution < -0.4 is 9.84 Å². The molecular formula is C18H16FeO2. The van der Waals surface area contributed by atoms with Gasteiger partial charge in [-0.25, -0.2) is 12.1 Å². The molecule has 0 fully saturated rings. The molecule has 0 aliphatic heterocycles. The van der Waals surface area contributed by atoms with Crippen molar-refractivity contribution in [2.45, 2.75) is 0 Å². The van der Waals surface area contributed by atoms with E-state index in [2.05, 4.69) is 0 Å². The summed E-state index contributed by atoms with van der Waals surface area (Å²) < 4.78 is 5.14. The van der Waals surface area contributed by atoms with Crippen molar-refractivity contribution < 1.29 is 26.9 Å². The van der Waals surface area contributed by atoms with Gasteiger partial charge in [0.1, 0.15) is 5.75 Å². The average Bonchev–Trinajstić information content (AvgIpc) is 3.21. The number of hydrogen-bond acceptors (Lipinski definition) is 2. The molecule has 1 aliphatic carbocycles. The van der Waals surface area contributed by atoms with Crippen LogP contribution in [0, 0.1) is 0 Å². The quantitative estimate of drug-likeness (QED) is 0.483. The van der Waals surface area contributed by atoms with Crippen LogP contribution in [0.4, 0.5) is 0 Å². The zero-order valence-electron chi connectivity index (χ0n) is 11.7. The summed E-state index contributed by atoms with van der Waals surface area (Å²) in [6.45, 7) is 0. The third-order valence-corrected chi connectivity index (χ3v) is 2.83. The molecule has 0 radical (unpaired) electrons. The Hall–Kier alpha value is -2.09. The molecule has 1 aliphatic rings. The Kier molecular flexibility index (Phi) is 7.24. The molecule has 21 heavy (non-hydrogen) atoms. The van der Waals surface area contributed by atoms with Gasteiger partial charge in [-0.2, -0.15) is 18.2 Å². The Bertz CT molecular complexity index is 591. The van der Waals surface area contributed by atoms with Crippen LogP contribution in [0.15, 0.2) is 84.5 Å². The number of benzene rings is 1. The van der Waals surface area contributed by atoms with Crippen LogP contribution in [0.25, 0.3) is 5.76 Å². The predicted octanol–water partition coefficient (Wildman–Crippen LogP) is 3.30. The van der Waals surface area contributed by atoms with Crippen molar-refractivity contribution >= 4 is 5.76 Å². The maximum Gasteiger partial charge on any atom is 2.00 e. The summed E-state index contributed by atoms with van der Waals surface area (Å²) in [7, 11) is 1.57. The number of ether oxygens (including phenoxy) is 1. The summed E-state index contributed by atoms with van der Waals surface area (Å²) in [4.78, 5) is 0. The van der Waals surface area contributed by atoms with Gasteiger partial charge in [0.05, 0.1) is 7.11 Å². The zero-order chi connectivity index (χ0) is 14.2. The van der Waals surface area contributed by atoms with Crippen molar-refractivity contribution in [1.29, 1.82) is 0 Å². The Morgan fingerprint density at radius 3 is 2.14 bits per heavy atom. The van der Waals surface area contributed by atoms with Crippen LogP contribution in [-0.2, 0) is 17.1 Å².